The van der Waals surface area contributed by atoms with E-state index in [9.17, 15) is 0 Å². The Bertz CT molecular complexity index is 572. The van der Waals surface area contributed by atoms with Gasteiger partial charge in [0.25, 0.3) is 0 Å². The van der Waals surface area contributed by atoms with Gasteiger partial charge in [0.2, 0.25) is 0 Å². The second kappa shape index (κ2) is 6.45. The molecule has 0 saturated heterocycles. The summed E-state index contributed by atoms with van der Waals surface area (Å²) >= 11 is 0. The monoisotopic (exact) mass is 254 g/mol. The molecule has 1 aromatic carbocycles. The molecule has 0 bridgehead atoms. The van der Waals surface area contributed by atoms with Gasteiger partial charge < -0.3 is 9.88 Å². The van der Waals surface area contributed by atoms with E-state index in [0.717, 1.165) is 19.4 Å². The van der Waals surface area contributed by atoms with Crippen molar-refractivity contribution in [3.8, 4) is 12.3 Å². The molecule has 0 spiro atoms. The topological polar surface area (TPSA) is 17.0 Å². The van der Waals surface area contributed by atoms with Crippen molar-refractivity contribution in [3.63, 3.8) is 0 Å². The molecule has 1 aromatic heterocycles. The molecule has 2 nitrogen and oxygen atoms in total. The van der Waals surface area contributed by atoms with Crippen LogP contribution in [-0.2, 0) is 13.0 Å². The van der Waals surface area contributed by atoms with Gasteiger partial charge in [-0.2, -0.15) is 0 Å². The van der Waals surface area contributed by atoms with E-state index >= 15 is 0 Å². The Hall–Kier alpha value is -1.72. The first-order valence-corrected chi connectivity index (χ1v) is 6.96. The SMILES string of the molecule is C#CCn1cc(CCCNC(C)C)c2ccccc21. The molecule has 0 fully saturated rings. The molecule has 100 valence electrons. The standard InChI is InChI=1S/C17H22N2/c1-4-12-19-13-15(8-7-11-18-14(2)3)16-9-5-6-10-17(16)19/h1,5-6,9-10,13-14,18H,7-8,11-12H2,2-3H3. The number of benzene rings is 1. The minimum absolute atomic E-state index is 0.558. The Balaban J connectivity index is 2.12. The zero-order valence-electron chi connectivity index (χ0n) is 11.8. The predicted molar refractivity (Wildman–Crippen MR) is 82.2 cm³/mol. The number of rotatable bonds is 6. The number of aryl methyl sites for hydroxylation is 1. The molecule has 0 saturated carbocycles. The number of hydrogen-bond acceptors (Lipinski definition) is 1. The highest BCUT2D eigenvalue weighted by Gasteiger charge is 2.06. The molecule has 1 heterocycles. The number of nitrogens with zero attached hydrogens (tertiary/aromatic N) is 1. The number of nitrogens with one attached hydrogen (secondary N) is 1. The van der Waals surface area contributed by atoms with Gasteiger partial charge in [-0.05, 0) is 31.0 Å². The zero-order valence-corrected chi connectivity index (χ0v) is 11.8. The predicted octanol–water partition coefficient (Wildman–Crippen LogP) is 3.21. The van der Waals surface area contributed by atoms with Gasteiger partial charge in [-0.1, -0.05) is 38.0 Å². The van der Waals surface area contributed by atoms with Crippen molar-refractivity contribution < 1.29 is 0 Å². The van der Waals surface area contributed by atoms with Crippen molar-refractivity contribution in [2.24, 2.45) is 0 Å². The van der Waals surface area contributed by atoms with E-state index in [1.165, 1.54) is 16.5 Å². The van der Waals surface area contributed by atoms with E-state index in [0.29, 0.717) is 12.6 Å². The summed E-state index contributed by atoms with van der Waals surface area (Å²) < 4.78 is 2.17. The number of hydrogen-bond donors (Lipinski definition) is 1. The molecule has 0 atom stereocenters. The molecule has 2 aromatic rings. The molecule has 0 radical (unpaired) electrons. The molecule has 0 amide bonds. The van der Waals surface area contributed by atoms with Crippen LogP contribution in [0.3, 0.4) is 0 Å². The summed E-state index contributed by atoms with van der Waals surface area (Å²) in [7, 11) is 0. The van der Waals surface area contributed by atoms with E-state index in [-0.39, 0.29) is 0 Å². The fraction of sp³-hybridized carbons (Fsp3) is 0.412. The minimum atomic E-state index is 0.558. The highest BCUT2D eigenvalue weighted by molar-refractivity contribution is 5.84. The Labute approximate surface area is 115 Å². The minimum Gasteiger partial charge on any atom is -0.336 e. The zero-order chi connectivity index (χ0) is 13.7. The fourth-order valence-corrected chi connectivity index (χ4v) is 2.42. The summed E-state index contributed by atoms with van der Waals surface area (Å²) in [5, 5.41) is 4.79. The van der Waals surface area contributed by atoms with Crippen molar-refractivity contribution in [3.05, 3.63) is 36.0 Å². The van der Waals surface area contributed by atoms with Crippen molar-refractivity contribution >= 4 is 10.9 Å². The van der Waals surface area contributed by atoms with Crippen molar-refractivity contribution in [2.75, 3.05) is 6.54 Å². The molecule has 0 aliphatic rings. The van der Waals surface area contributed by atoms with Gasteiger partial charge in [0.15, 0.2) is 0 Å². The average molecular weight is 254 g/mol. The molecule has 0 aliphatic heterocycles. The maximum Gasteiger partial charge on any atom is 0.0835 e. The van der Waals surface area contributed by atoms with E-state index < -0.39 is 0 Å². The fourth-order valence-electron chi connectivity index (χ4n) is 2.42. The molecule has 2 heteroatoms. The van der Waals surface area contributed by atoms with Crippen LogP contribution in [0.2, 0.25) is 0 Å². The van der Waals surface area contributed by atoms with Crippen LogP contribution in [0, 0.1) is 12.3 Å². The van der Waals surface area contributed by atoms with Gasteiger partial charge in [0, 0.05) is 23.1 Å². The van der Waals surface area contributed by atoms with Gasteiger partial charge in [-0.15, -0.1) is 6.42 Å². The maximum atomic E-state index is 5.43. The lowest BCUT2D eigenvalue weighted by Crippen LogP contribution is -2.23. The molecule has 1 N–H and O–H groups in total. The van der Waals surface area contributed by atoms with Crippen LogP contribution in [0.4, 0.5) is 0 Å². The van der Waals surface area contributed by atoms with Crippen molar-refractivity contribution in [1.82, 2.24) is 9.88 Å². The van der Waals surface area contributed by atoms with E-state index in [1.807, 2.05) is 0 Å². The average Bonchev–Trinajstić information content (AvgIpc) is 2.74. The van der Waals surface area contributed by atoms with Gasteiger partial charge in [0.05, 0.1) is 6.54 Å². The van der Waals surface area contributed by atoms with Crippen LogP contribution >= 0.6 is 0 Å². The Morgan fingerprint density at radius 1 is 1.32 bits per heavy atom. The summed E-state index contributed by atoms with van der Waals surface area (Å²) in [5.74, 6) is 2.72. The van der Waals surface area contributed by atoms with Crippen LogP contribution in [-0.4, -0.2) is 17.2 Å². The summed E-state index contributed by atoms with van der Waals surface area (Å²) in [6.07, 6.45) is 9.89. The largest absolute Gasteiger partial charge is 0.336 e. The van der Waals surface area contributed by atoms with Gasteiger partial charge in [-0.25, -0.2) is 0 Å². The smallest absolute Gasteiger partial charge is 0.0835 e. The van der Waals surface area contributed by atoms with Crippen LogP contribution < -0.4 is 5.32 Å². The Morgan fingerprint density at radius 3 is 2.84 bits per heavy atom. The van der Waals surface area contributed by atoms with Crippen LogP contribution in [0.25, 0.3) is 10.9 Å². The highest BCUT2D eigenvalue weighted by atomic mass is 14.9. The third-order valence-electron chi connectivity index (χ3n) is 3.31. The molecule has 19 heavy (non-hydrogen) atoms. The summed E-state index contributed by atoms with van der Waals surface area (Å²) in [5.41, 5.74) is 2.64. The van der Waals surface area contributed by atoms with E-state index in [4.69, 9.17) is 6.42 Å². The lowest BCUT2D eigenvalue weighted by Gasteiger charge is -2.06. The Kier molecular flexibility index (Phi) is 4.65. The second-order valence-corrected chi connectivity index (χ2v) is 5.22. The molecule has 2 rings (SSSR count). The first kappa shape index (κ1) is 13.7. The summed E-state index contributed by atoms with van der Waals surface area (Å²) in [4.78, 5) is 0. The summed E-state index contributed by atoms with van der Waals surface area (Å²) in [6, 6.07) is 9.05. The van der Waals surface area contributed by atoms with Crippen molar-refractivity contribution in [2.45, 2.75) is 39.3 Å². The van der Waals surface area contributed by atoms with Gasteiger partial charge in [-0.3, -0.25) is 0 Å². The van der Waals surface area contributed by atoms with Gasteiger partial charge >= 0.3 is 0 Å². The maximum absolute atomic E-state index is 5.43. The summed E-state index contributed by atoms with van der Waals surface area (Å²) in [6.45, 7) is 6.06. The first-order valence-electron chi connectivity index (χ1n) is 6.96. The van der Waals surface area contributed by atoms with E-state index in [2.05, 4.69) is 60.1 Å². The van der Waals surface area contributed by atoms with Crippen LogP contribution in [0.15, 0.2) is 30.5 Å². The molecular weight excluding hydrogens is 232 g/mol. The van der Waals surface area contributed by atoms with Gasteiger partial charge in [0.1, 0.15) is 0 Å². The Morgan fingerprint density at radius 2 is 2.11 bits per heavy atom. The molecule has 0 aliphatic carbocycles. The van der Waals surface area contributed by atoms with Crippen molar-refractivity contribution in [1.29, 1.82) is 0 Å². The molecule has 0 unspecified atom stereocenters. The lowest BCUT2D eigenvalue weighted by molar-refractivity contribution is 0.571. The first-order chi connectivity index (χ1) is 9.22. The number of fused-ring (bicyclic) bond motifs is 1. The van der Waals surface area contributed by atoms with Crippen LogP contribution in [0.5, 0.6) is 0 Å². The van der Waals surface area contributed by atoms with E-state index in [1.54, 1.807) is 0 Å². The lowest BCUT2D eigenvalue weighted by atomic mass is 10.1. The third kappa shape index (κ3) is 3.39. The second-order valence-electron chi connectivity index (χ2n) is 5.22. The quantitative estimate of drug-likeness (QED) is 0.619. The normalized spacial score (nSPS) is 11.1. The number of terminal acetylenes is 1. The molecular formula is C17H22N2. The number of aromatic nitrogens is 1. The highest BCUT2D eigenvalue weighted by Crippen LogP contribution is 2.22. The third-order valence-corrected chi connectivity index (χ3v) is 3.31. The van der Waals surface area contributed by atoms with Crippen LogP contribution in [0.1, 0.15) is 25.8 Å². The number of para-hydroxylation sites is 1.